The molecule has 1 N–H and O–H groups in total. The molecule has 1 fully saturated rings. The highest BCUT2D eigenvalue weighted by atomic mass is 16.5. The molecule has 0 bridgehead atoms. The van der Waals surface area contributed by atoms with E-state index in [-0.39, 0.29) is 11.7 Å². The number of benzene rings is 1. The summed E-state index contributed by atoms with van der Waals surface area (Å²) in [6.07, 6.45) is 3.54. The number of hydrogen-bond donors (Lipinski definition) is 1. The maximum absolute atomic E-state index is 11.5. The lowest BCUT2D eigenvalue weighted by Gasteiger charge is -2.34. The van der Waals surface area contributed by atoms with Crippen molar-refractivity contribution in [1.29, 1.82) is 0 Å². The van der Waals surface area contributed by atoms with Gasteiger partial charge in [-0.25, -0.2) is 4.79 Å². The Balaban J connectivity index is 2.07. The number of aromatic carboxylic acids is 1. The third kappa shape index (κ3) is 2.56. The number of nitrogens with zero attached hydrogens (tertiary/aromatic N) is 2. The maximum atomic E-state index is 11.5. The molecule has 2 aromatic rings. The molecule has 1 aliphatic rings. The summed E-state index contributed by atoms with van der Waals surface area (Å²) >= 11 is 0. The van der Waals surface area contributed by atoms with Gasteiger partial charge in [0.2, 0.25) is 0 Å². The van der Waals surface area contributed by atoms with E-state index in [1.54, 1.807) is 7.11 Å². The lowest BCUT2D eigenvalue weighted by atomic mass is 10.0. The monoisotopic (exact) mass is 286 g/mol. The molecule has 1 saturated heterocycles. The molecule has 5 nitrogen and oxygen atoms in total. The van der Waals surface area contributed by atoms with Crippen molar-refractivity contribution < 1.29 is 14.6 Å². The number of anilines is 1. The van der Waals surface area contributed by atoms with Gasteiger partial charge in [0.1, 0.15) is 5.56 Å². The lowest BCUT2D eigenvalue weighted by molar-refractivity contribution is 0.0696. The van der Waals surface area contributed by atoms with Crippen molar-refractivity contribution in [2.75, 3.05) is 25.1 Å². The Kier molecular flexibility index (Phi) is 3.75. The average molecular weight is 286 g/mol. The van der Waals surface area contributed by atoms with Gasteiger partial charge in [-0.05, 0) is 18.9 Å². The number of carboxylic acids is 1. The Morgan fingerprint density at radius 2 is 2.05 bits per heavy atom. The second-order valence-corrected chi connectivity index (χ2v) is 5.26. The van der Waals surface area contributed by atoms with E-state index < -0.39 is 5.97 Å². The Morgan fingerprint density at radius 1 is 1.33 bits per heavy atom. The third-order valence-electron chi connectivity index (χ3n) is 4.07. The first-order valence-corrected chi connectivity index (χ1v) is 7.09. The minimum absolute atomic E-state index is 0.266. The molecule has 1 aromatic carbocycles. The van der Waals surface area contributed by atoms with Gasteiger partial charge >= 0.3 is 5.97 Å². The van der Waals surface area contributed by atoms with Crippen molar-refractivity contribution in [3.63, 3.8) is 0 Å². The van der Waals surface area contributed by atoms with Gasteiger partial charge < -0.3 is 14.7 Å². The number of ether oxygens (including phenoxy) is 1. The first-order chi connectivity index (χ1) is 10.2. The number of hydrogen-bond acceptors (Lipinski definition) is 4. The Hall–Kier alpha value is -2.14. The molecule has 2 heterocycles. The van der Waals surface area contributed by atoms with Gasteiger partial charge in [0, 0.05) is 31.8 Å². The first kappa shape index (κ1) is 13.8. The van der Waals surface area contributed by atoms with Crippen molar-refractivity contribution >= 4 is 22.6 Å². The van der Waals surface area contributed by atoms with E-state index in [2.05, 4.69) is 9.88 Å². The van der Waals surface area contributed by atoms with Gasteiger partial charge in [0.05, 0.1) is 17.3 Å². The molecule has 1 aromatic heterocycles. The molecule has 0 atom stereocenters. The van der Waals surface area contributed by atoms with Gasteiger partial charge in [0.15, 0.2) is 0 Å². The molecular weight excluding hydrogens is 268 g/mol. The molecular formula is C16H18N2O3. The number of fused-ring (bicyclic) bond motifs is 1. The van der Waals surface area contributed by atoms with Crippen molar-refractivity contribution in [2.24, 2.45) is 0 Å². The van der Waals surface area contributed by atoms with Crippen LogP contribution in [0.2, 0.25) is 0 Å². The van der Waals surface area contributed by atoms with Crippen molar-refractivity contribution in [1.82, 2.24) is 4.98 Å². The summed E-state index contributed by atoms with van der Waals surface area (Å²) in [5.41, 5.74) is 1.87. The second-order valence-electron chi connectivity index (χ2n) is 5.26. The zero-order valence-electron chi connectivity index (χ0n) is 12.0. The summed E-state index contributed by atoms with van der Waals surface area (Å²) in [5, 5.41) is 10.4. The van der Waals surface area contributed by atoms with Crippen molar-refractivity contribution in [3.8, 4) is 0 Å². The third-order valence-corrected chi connectivity index (χ3v) is 4.07. The highest BCUT2D eigenvalue weighted by molar-refractivity contribution is 6.04. The van der Waals surface area contributed by atoms with Crippen LogP contribution in [-0.2, 0) is 4.74 Å². The molecule has 0 saturated carbocycles. The van der Waals surface area contributed by atoms with Crippen LogP contribution in [0.15, 0.2) is 30.5 Å². The fourth-order valence-corrected chi connectivity index (χ4v) is 2.94. The molecule has 0 unspecified atom stereocenters. The molecule has 0 spiro atoms. The molecule has 110 valence electrons. The number of carbonyl (C=O) groups is 1. The quantitative estimate of drug-likeness (QED) is 0.939. The van der Waals surface area contributed by atoms with Crippen LogP contribution >= 0.6 is 0 Å². The fraction of sp³-hybridized carbons (Fsp3) is 0.375. The number of para-hydroxylation sites is 1. The molecule has 5 heteroatoms. The number of methoxy groups -OCH3 is 1. The predicted molar refractivity (Wildman–Crippen MR) is 80.9 cm³/mol. The summed E-state index contributed by atoms with van der Waals surface area (Å²) in [5.74, 6) is -0.933. The standard InChI is InChI=1S/C16H18N2O3/c1-21-11-6-8-18(9-7-11)15-12-4-2-3-5-14(12)17-10-13(15)16(19)20/h2-5,10-11H,6-9H2,1H3,(H,19,20). The van der Waals surface area contributed by atoms with Gasteiger partial charge in [0.25, 0.3) is 0 Å². The molecule has 21 heavy (non-hydrogen) atoms. The molecule has 3 rings (SSSR count). The van der Waals surface area contributed by atoms with E-state index in [4.69, 9.17) is 4.74 Å². The van der Waals surface area contributed by atoms with Crippen LogP contribution < -0.4 is 4.90 Å². The number of aromatic nitrogens is 1. The lowest BCUT2D eigenvalue weighted by Crippen LogP contribution is -2.37. The van der Waals surface area contributed by atoms with Gasteiger partial charge in [-0.2, -0.15) is 0 Å². The molecule has 1 aliphatic heterocycles. The Bertz CT molecular complexity index is 664. The number of carboxylic acid groups (broad SMARTS) is 1. The Morgan fingerprint density at radius 3 is 2.71 bits per heavy atom. The first-order valence-electron chi connectivity index (χ1n) is 7.09. The zero-order chi connectivity index (χ0) is 14.8. The molecule has 0 amide bonds. The number of pyridine rings is 1. The van der Waals surface area contributed by atoms with Gasteiger partial charge in [-0.1, -0.05) is 18.2 Å². The largest absolute Gasteiger partial charge is 0.478 e. The van der Waals surface area contributed by atoms with Crippen LogP contribution in [0.4, 0.5) is 5.69 Å². The van der Waals surface area contributed by atoms with Crippen LogP contribution in [0.3, 0.4) is 0 Å². The summed E-state index contributed by atoms with van der Waals surface area (Å²) in [4.78, 5) is 17.9. The topological polar surface area (TPSA) is 62.7 Å². The summed E-state index contributed by atoms with van der Waals surface area (Å²) in [6.45, 7) is 1.60. The highest BCUT2D eigenvalue weighted by Gasteiger charge is 2.24. The predicted octanol–water partition coefficient (Wildman–Crippen LogP) is 2.55. The maximum Gasteiger partial charge on any atom is 0.339 e. The summed E-state index contributed by atoms with van der Waals surface area (Å²) < 4.78 is 5.39. The van der Waals surface area contributed by atoms with Crippen LogP contribution in [0.25, 0.3) is 10.9 Å². The molecule has 0 radical (unpaired) electrons. The number of piperidine rings is 1. The van der Waals surface area contributed by atoms with Gasteiger partial charge in [-0.15, -0.1) is 0 Å². The average Bonchev–Trinajstić information content (AvgIpc) is 2.53. The summed E-state index contributed by atoms with van der Waals surface area (Å²) in [7, 11) is 1.73. The second kappa shape index (κ2) is 5.69. The summed E-state index contributed by atoms with van der Waals surface area (Å²) in [6, 6.07) is 7.68. The van der Waals surface area contributed by atoms with Gasteiger partial charge in [-0.3, -0.25) is 4.98 Å². The van der Waals surface area contributed by atoms with Crippen molar-refractivity contribution in [3.05, 3.63) is 36.0 Å². The van der Waals surface area contributed by atoms with E-state index >= 15 is 0 Å². The van der Waals surface area contributed by atoms with E-state index in [0.717, 1.165) is 42.5 Å². The smallest absolute Gasteiger partial charge is 0.339 e. The SMILES string of the molecule is COC1CCN(c2c(C(=O)O)cnc3ccccc23)CC1. The normalized spacial score (nSPS) is 16.3. The molecule has 0 aliphatic carbocycles. The minimum Gasteiger partial charge on any atom is -0.478 e. The Labute approximate surface area is 123 Å². The van der Waals surface area contributed by atoms with E-state index in [1.165, 1.54) is 6.20 Å². The van der Waals surface area contributed by atoms with Crippen molar-refractivity contribution in [2.45, 2.75) is 18.9 Å². The van der Waals surface area contributed by atoms with Crippen LogP contribution in [0.1, 0.15) is 23.2 Å². The zero-order valence-corrected chi connectivity index (χ0v) is 12.0. The van der Waals surface area contributed by atoms with Crippen LogP contribution in [0.5, 0.6) is 0 Å². The minimum atomic E-state index is -0.933. The fourth-order valence-electron chi connectivity index (χ4n) is 2.94. The van der Waals surface area contributed by atoms with E-state index in [1.807, 2.05) is 24.3 Å². The van der Waals surface area contributed by atoms with E-state index in [0.29, 0.717) is 0 Å². The van der Waals surface area contributed by atoms with E-state index in [9.17, 15) is 9.90 Å². The highest BCUT2D eigenvalue weighted by Crippen LogP contribution is 2.32. The number of rotatable bonds is 3. The van der Waals surface area contributed by atoms with Crippen LogP contribution in [-0.4, -0.2) is 42.4 Å². The van der Waals surface area contributed by atoms with Crippen LogP contribution in [0, 0.1) is 0 Å².